The summed E-state index contributed by atoms with van der Waals surface area (Å²) in [6.07, 6.45) is 2.86. The Morgan fingerprint density at radius 3 is 2.11 bits per heavy atom. The molecule has 0 heterocycles. The Labute approximate surface area is 113 Å². The maximum Gasteiger partial charge on any atom is 0.265 e. The maximum absolute atomic E-state index is 10.7. The Morgan fingerprint density at radius 1 is 1.17 bits per heavy atom. The second-order valence-electron chi connectivity index (χ2n) is 6.04. The fraction of sp³-hybridized carbons (Fsp3) is 1.00. The van der Waals surface area contributed by atoms with E-state index in [1.165, 1.54) is 6.42 Å². The van der Waals surface area contributed by atoms with Crippen LogP contribution in [-0.4, -0.2) is 50.4 Å². The third-order valence-corrected chi connectivity index (χ3v) is 4.67. The Kier molecular flexibility index (Phi) is 7.40. The van der Waals surface area contributed by atoms with E-state index in [1.54, 1.807) is 0 Å². The molecule has 0 aliphatic carbocycles. The van der Waals surface area contributed by atoms with Crippen LogP contribution in [0, 0.1) is 11.8 Å². The zero-order chi connectivity index (χ0) is 14.4. The van der Waals surface area contributed by atoms with Gasteiger partial charge in [-0.1, -0.05) is 27.2 Å². The molecule has 0 saturated heterocycles. The fourth-order valence-electron chi connectivity index (χ4n) is 2.45. The summed E-state index contributed by atoms with van der Waals surface area (Å²) < 4.78 is 30.9. The van der Waals surface area contributed by atoms with Crippen molar-refractivity contribution < 1.29 is 17.5 Å². The Bertz CT molecular complexity index is 325. The van der Waals surface area contributed by atoms with Crippen LogP contribution in [0.5, 0.6) is 0 Å². The third kappa shape index (κ3) is 8.06. The molecule has 2 atom stereocenters. The normalized spacial score (nSPS) is 16.6. The summed E-state index contributed by atoms with van der Waals surface area (Å²) in [5.41, 5.74) is 0. The van der Waals surface area contributed by atoms with Gasteiger partial charge in [0.2, 0.25) is 0 Å². The minimum Gasteiger partial charge on any atom is -0.328 e. The van der Waals surface area contributed by atoms with Crippen LogP contribution in [0.4, 0.5) is 0 Å². The smallest absolute Gasteiger partial charge is 0.265 e. The van der Waals surface area contributed by atoms with Gasteiger partial charge in [0.25, 0.3) is 10.1 Å². The van der Waals surface area contributed by atoms with Gasteiger partial charge in [-0.25, -0.2) is 0 Å². The summed E-state index contributed by atoms with van der Waals surface area (Å²) in [4.78, 5) is 0. The molecule has 0 saturated carbocycles. The van der Waals surface area contributed by atoms with Gasteiger partial charge in [0.1, 0.15) is 0 Å². The van der Waals surface area contributed by atoms with E-state index < -0.39 is 10.1 Å². The molecule has 0 spiro atoms. The van der Waals surface area contributed by atoms with Crippen molar-refractivity contribution >= 4 is 10.1 Å². The second kappa shape index (κ2) is 7.46. The standard InChI is InChI=1S/C13H29NO3S/c1-6-12(3)13(7-2)11-14(4,5)9-8-10-18(15,16)17/h12-13H,6-11H2,1-5H3/p+1. The molecule has 2 unspecified atom stereocenters. The average molecular weight is 280 g/mol. The lowest BCUT2D eigenvalue weighted by Gasteiger charge is -2.35. The molecule has 0 rings (SSSR count). The lowest BCUT2D eigenvalue weighted by molar-refractivity contribution is -0.894. The van der Waals surface area contributed by atoms with Crippen molar-refractivity contribution in [2.45, 2.75) is 40.0 Å². The highest BCUT2D eigenvalue weighted by Crippen LogP contribution is 2.21. The highest BCUT2D eigenvalue weighted by molar-refractivity contribution is 7.85. The van der Waals surface area contributed by atoms with Crippen molar-refractivity contribution in [3.05, 3.63) is 0 Å². The largest absolute Gasteiger partial charge is 0.328 e. The molecule has 110 valence electrons. The van der Waals surface area contributed by atoms with Crippen LogP contribution in [-0.2, 0) is 10.1 Å². The van der Waals surface area contributed by atoms with Crippen LogP contribution in [0.25, 0.3) is 0 Å². The van der Waals surface area contributed by atoms with Crippen molar-refractivity contribution in [3.8, 4) is 0 Å². The second-order valence-corrected chi connectivity index (χ2v) is 7.61. The van der Waals surface area contributed by atoms with Crippen molar-refractivity contribution in [3.63, 3.8) is 0 Å². The van der Waals surface area contributed by atoms with Gasteiger partial charge in [0.05, 0.1) is 32.9 Å². The van der Waals surface area contributed by atoms with Gasteiger partial charge in [0, 0.05) is 12.3 Å². The number of nitrogens with zero attached hydrogens (tertiary/aromatic N) is 1. The van der Waals surface area contributed by atoms with Crippen molar-refractivity contribution in [2.24, 2.45) is 11.8 Å². The van der Waals surface area contributed by atoms with Gasteiger partial charge in [-0.15, -0.1) is 0 Å². The molecular formula is C13H30NO3S+. The first-order valence-electron chi connectivity index (χ1n) is 6.88. The topological polar surface area (TPSA) is 54.4 Å². The molecule has 5 heteroatoms. The minimum atomic E-state index is -3.81. The molecule has 0 aromatic rings. The number of rotatable bonds is 9. The van der Waals surface area contributed by atoms with E-state index in [9.17, 15) is 8.42 Å². The summed E-state index contributed by atoms with van der Waals surface area (Å²) in [5.74, 6) is 1.25. The third-order valence-electron chi connectivity index (χ3n) is 3.87. The van der Waals surface area contributed by atoms with Crippen molar-refractivity contribution in [1.29, 1.82) is 0 Å². The first-order valence-corrected chi connectivity index (χ1v) is 8.49. The maximum atomic E-state index is 10.7. The van der Waals surface area contributed by atoms with Crippen molar-refractivity contribution in [2.75, 3.05) is 32.9 Å². The monoisotopic (exact) mass is 280 g/mol. The Hall–Kier alpha value is -0.130. The molecular weight excluding hydrogens is 250 g/mol. The quantitative estimate of drug-likeness (QED) is 0.521. The number of hydrogen-bond donors (Lipinski definition) is 1. The van der Waals surface area contributed by atoms with Crippen LogP contribution in [0.3, 0.4) is 0 Å². The SMILES string of the molecule is CCC(C)C(CC)C[N+](C)(C)CCCS(=O)(=O)O. The Balaban J connectivity index is 4.27. The van der Waals surface area contributed by atoms with Gasteiger partial charge >= 0.3 is 0 Å². The van der Waals surface area contributed by atoms with Crippen molar-refractivity contribution in [1.82, 2.24) is 0 Å². The lowest BCUT2D eigenvalue weighted by atomic mass is 9.88. The summed E-state index contributed by atoms with van der Waals surface area (Å²) in [6, 6.07) is 0. The van der Waals surface area contributed by atoms with Gasteiger partial charge in [-0.05, 0) is 12.3 Å². The van der Waals surface area contributed by atoms with Crippen LogP contribution in [0.2, 0.25) is 0 Å². The van der Waals surface area contributed by atoms with E-state index in [2.05, 4.69) is 34.9 Å². The summed E-state index contributed by atoms with van der Waals surface area (Å²) in [5, 5.41) is 0. The molecule has 0 aliphatic rings. The molecule has 18 heavy (non-hydrogen) atoms. The number of quaternary nitrogens is 1. The zero-order valence-electron chi connectivity index (χ0n) is 12.5. The highest BCUT2D eigenvalue weighted by Gasteiger charge is 2.24. The molecule has 0 radical (unpaired) electrons. The van der Waals surface area contributed by atoms with Crippen LogP contribution >= 0.6 is 0 Å². The molecule has 0 aromatic carbocycles. The molecule has 0 bridgehead atoms. The average Bonchev–Trinajstić information content (AvgIpc) is 2.22. The molecule has 4 nitrogen and oxygen atoms in total. The van der Waals surface area contributed by atoms with Gasteiger partial charge < -0.3 is 4.48 Å². The van der Waals surface area contributed by atoms with E-state index in [0.717, 1.165) is 24.0 Å². The molecule has 1 N–H and O–H groups in total. The van der Waals surface area contributed by atoms with Gasteiger partial charge in [-0.2, -0.15) is 8.42 Å². The predicted octanol–water partition coefficient (Wildman–Crippen LogP) is 2.41. The van der Waals surface area contributed by atoms with Gasteiger partial charge in [0.15, 0.2) is 0 Å². The summed E-state index contributed by atoms with van der Waals surface area (Å²) in [7, 11) is 0.456. The van der Waals surface area contributed by atoms with E-state index >= 15 is 0 Å². The summed E-state index contributed by atoms with van der Waals surface area (Å²) >= 11 is 0. The van der Waals surface area contributed by atoms with Crippen LogP contribution in [0.15, 0.2) is 0 Å². The first-order chi connectivity index (χ1) is 8.11. The van der Waals surface area contributed by atoms with E-state index in [1.807, 2.05) is 0 Å². The van der Waals surface area contributed by atoms with E-state index in [-0.39, 0.29) is 5.75 Å². The molecule has 0 aromatic heterocycles. The molecule has 0 fully saturated rings. The van der Waals surface area contributed by atoms with Crippen LogP contribution < -0.4 is 0 Å². The number of hydrogen-bond acceptors (Lipinski definition) is 2. The molecule has 0 aliphatic heterocycles. The minimum absolute atomic E-state index is 0.130. The Morgan fingerprint density at radius 2 is 1.72 bits per heavy atom. The fourth-order valence-corrected chi connectivity index (χ4v) is 2.94. The zero-order valence-corrected chi connectivity index (χ0v) is 13.3. The van der Waals surface area contributed by atoms with E-state index in [0.29, 0.717) is 18.3 Å². The first kappa shape index (κ1) is 17.9. The van der Waals surface area contributed by atoms with E-state index in [4.69, 9.17) is 4.55 Å². The van der Waals surface area contributed by atoms with Gasteiger partial charge in [-0.3, -0.25) is 4.55 Å². The summed E-state index contributed by atoms with van der Waals surface area (Å²) in [6.45, 7) is 8.57. The molecule has 0 amide bonds. The highest BCUT2D eigenvalue weighted by atomic mass is 32.2. The van der Waals surface area contributed by atoms with Crippen LogP contribution in [0.1, 0.15) is 40.0 Å². The predicted molar refractivity (Wildman–Crippen MR) is 76.1 cm³/mol. The lowest BCUT2D eigenvalue weighted by Crippen LogP contribution is -2.45.